The van der Waals surface area contributed by atoms with Crippen molar-refractivity contribution in [3.63, 3.8) is 0 Å². The highest BCUT2D eigenvalue weighted by atomic mass is 35.5. The molecular formula is C31H27Cl2NO3. The molecule has 2 N–H and O–H groups in total. The van der Waals surface area contributed by atoms with E-state index < -0.39 is 5.41 Å². The molecule has 6 heteroatoms. The number of fused-ring (bicyclic) bond motifs is 1. The lowest BCUT2D eigenvalue weighted by molar-refractivity contribution is -0.120. The predicted octanol–water partition coefficient (Wildman–Crippen LogP) is 7.52. The molecule has 0 spiro atoms. The number of aromatic hydroxyl groups is 2. The molecule has 0 radical (unpaired) electrons. The van der Waals surface area contributed by atoms with Gasteiger partial charge in [0.05, 0.1) is 12.2 Å². The summed E-state index contributed by atoms with van der Waals surface area (Å²) in [6, 6.07) is 20.4. The van der Waals surface area contributed by atoms with E-state index in [2.05, 4.69) is 0 Å². The van der Waals surface area contributed by atoms with Crippen molar-refractivity contribution in [3.05, 3.63) is 121 Å². The normalized spacial score (nSPS) is 14.2. The molecule has 0 saturated heterocycles. The molecule has 1 heterocycles. The van der Waals surface area contributed by atoms with Gasteiger partial charge in [-0.15, -0.1) is 0 Å². The van der Waals surface area contributed by atoms with Crippen molar-refractivity contribution in [2.24, 2.45) is 0 Å². The SMILES string of the molecule is Cc1cc(C2(c3cc(C)c(O)c(C)c3)C(=O)N(Cc3ccccc3Cl)c3cccc(Cl)c32)cc(C)c1O. The summed E-state index contributed by atoms with van der Waals surface area (Å²) in [5.74, 6) is 0.203. The number of hydrogen-bond acceptors (Lipinski definition) is 3. The first-order chi connectivity index (χ1) is 17.6. The Kier molecular flexibility index (Phi) is 6.21. The Morgan fingerprint density at radius 3 is 1.73 bits per heavy atom. The van der Waals surface area contributed by atoms with Crippen LogP contribution in [0.15, 0.2) is 66.7 Å². The maximum Gasteiger partial charge on any atom is 0.247 e. The largest absolute Gasteiger partial charge is 0.507 e. The van der Waals surface area contributed by atoms with Crippen molar-refractivity contribution in [2.45, 2.75) is 39.7 Å². The van der Waals surface area contributed by atoms with Gasteiger partial charge in [-0.05, 0) is 84.8 Å². The zero-order valence-corrected chi connectivity index (χ0v) is 22.6. The molecular weight excluding hydrogens is 505 g/mol. The highest BCUT2D eigenvalue weighted by Crippen LogP contribution is 2.54. The zero-order chi connectivity index (χ0) is 26.6. The first-order valence-corrected chi connectivity index (χ1v) is 12.8. The second kappa shape index (κ2) is 9.13. The van der Waals surface area contributed by atoms with E-state index in [0.29, 0.717) is 54.7 Å². The van der Waals surface area contributed by atoms with Gasteiger partial charge in [0.1, 0.15) is 16.9 Å². The second-order valence-corrected chi connectivity index (χ2v) is 10.6. The number of benzene rings is 4. The molecule has 0 bridgehead atoms. The molecule has 0 aromatic heterocycles. The predicted molar refractivity (Wildman–Crippen MR) is 149 cm³/mol. The molecule has 4 aromatic carbocycles. The van der Waals surface area contributed by atoms with Gasteiger partial charge >= 0.3 is 0 Å². The van der Waals surface area contributed by atoms with Crippen molar-refractivity contribution in [2.75, 3.05) is 4.90 Å². The van der Waals surface area contributed by atoms with Gasteiger partial charge in [0.15, 0.2) is 0 Å². The fourth-order valence-corrected chi connectivity index (χ4v) is 6.04. The number of aryl methyl sites for hydroxylation is 4. The average Bonchev–Trinajstić information content (AvgIpc) is 3.11. The minimum atomic E-state index is -1.30. The summed E-state index contributed by atoms with van der Waals surface area (Å²) in [4.78, 5) is 16.6. The van der Waals surface area contributed by atoms with Crippen LogP contribution in [0.1, 0.15) is 44.5 Å². The van der Waals surface area contributed by atoms with Crippen LogP contribution in [0.2, 0.25) is 10.0 Å². The third-order valence-corrected chi connectivity index (χ3v) is 8.04. The van der Waals surface area contributed by atoms with Gasteiger partial charge in [0.25, 0.3) is 0 Å². The number of anilines is 1. The van der Waals surface area contributed by atoms with E-state index in [9.17, 15) is 15.0 Å². The van der Waals surface area contributed by atoms with E-state index in [1.807, 2.05) is 88.4 Å². The lowest BCUT2D eigenvalue weighted by Gasteiger charge is -2.32. The summed E-state index contributed by atoms with van der Waals surface area (Å²) in [6.07, 6.45) is 0. The minimum Gasteiger partial charge on any atom is -0.507 e. The number of carbonyl (C=O) groups is 1. The van der Waals surface area contributed by atoms with Crippen molar-refractivity contribution < 1.29 is 15.0 Å². The Labute approximate surface area is 226 Å². The van der Waals surface area contributed by atoms with Gasteiger partial charge in [-0.25, -0.2) is 0 Å². The lowest BCUT2D eigenvalue weighted by Crippen LogP contribution is -2.42. The Morgan fingerprint density at radius 2 is 1.22 bits per heavy atom. The van der Waals surface area contributed by atoms with Gasteiger partial charge in [-0.3, -0.25) is 4.79 Å². The Balaban J connectivity index is 1.89. The van der Waals surface area contributed by atoms with Crippen molar-refractivity contribution in [1.82, 2.24) is 0 Å². The van der Waals surface area contributed by atoms with Crippen molar-refractivity contribution >= 4 is 34.8 Å². The Hall–Kier alpha value is -3.47. The van der Waals surface area contributed by atoms with E-state index in [-0.39, 0.29) is 24.0 Å². The quantitative estimate of drug-likeness (QED) is 0.286. The fourth-order valence-electron chi connectivity index (χ4n) is 5.53. The van der Waals surface area contributed by atoms with Gasteiger partial charge in [-0.1, -0.05) is 71.7 Å². The molecule has 5 rings (SSSR count). The lowest BCUT2D eigenvalue weighted by atomic mass is 9.69. The fraction of sp³-hybridized carbons (Fsp3) is 0.194. The number of halogens is 2. The number of phenolic OH excluding ortho intramolecular Hbond substituents is 2. The number of hydrogen-bond donors (Lipinski definition) is 2. The first-order valence-electron chi connectivity index (χ1n) is 12.0. The molecule has 0 saturated carbocycles. The van der Waals surface area contributed by atoms with Crippen molar-refractivity contribution in [1.29, 1.82) is 0 Å². The van der Waals surface area contributed by atoms with E-state index in [1.54, 1.807) is 11.0 Å². The molecule has 0 atom stereocenters. The summed E-state index contributed by atoms with van der Waals surface area (Å²) in [5.41, 5.74) is 4.92. The molecule has 4 nitrogen and oxygen atoms in total. The molecule has 0 fully saturated rings. The summed E-state index contributed by atoms with van der Waals surface area (Å²) >= 11 is 13.4. The van der Waals surface area contributed by atoms with Crippen molar-refractivity contribution in [3.8, 4) is 11.5 Å². The molecule has 1 amide bonds. The van der Waals surface area contributed by atoms with Gasteiger partial charge in [-0.2, -0.15) is 0 Å². The van der Waals surface area contributed by atoms with E-state index >= 15 is 0 Å². The van der Waals surface area contributed by atoms with Gasteiger partial charge in [0.2, 0.25) is 5.91 Å². The van der Waals surface area contributed by atoms with Crippen LogP contribution in [0.4, 0.5) is 5.69 Å². The van der Waals surface area contributed by atoms with Crippen LogP contribution in [0.25, 0.3) is 0 Å². The van der Waals surface area contributed by atoms with Crippen LogP contribution < -0.4 is 4.90 Å². The van der Waals surface area contributed by atoms with Gasteiger partial charge < -0.3 is 15.1 Å². The molecule has 0 aliphatic carbocycles. The van der Waals surface area contributed by atoms with E-state index in [1.165, 1.54) is 0 Å². The highest BCUT2D eigenvalue weighted by Gasteiger charge is 2.55. The topological polar surface area (TPSA) is 60.8 Å². The first kappa shape index (κ1) is 25.2. The number of nitrogens with zero attached hydrogens (tertiary/aromatic N) is 1. The van der Waals surface area contributed by atoms with E-state index in [0.717, 1.165) is 5.56 Å². The molecule has 188 valence electrons. The Bertz CT molecular complexity index is 1470. The smallest absolute Gasteiger partial charge is 0.247 e. The molecule has 0 unspecified atom stereocenters. The third kappa shape index (κ3) is 3.78. The number of phenols is 2. The number of amides is 1. The van der Waals surface area contributed by atoms with Crippen LogP contribution in [0, 0.1) is 27.7 Å². The Morgan fingerprint density at radius 1 is 0.730 bits per heavy atom. The maximum absolute atomic E-state index is 14.9. The van der Waals surface area contributed by atoms with Gasteiger partial charge in [0, 0.05) is 15.6 Å². The number of rotatable bonds is 4. The van der Waals surface area contributed by atoms with Crippen LogP contribution in [0.5, 0.6) is 11.5 Å². The number of carbonyl (C=O) groups excluding carboxylic acids is 1. The molecule has 37 heavy (non-hydrogen) atoms. The summed E-state index contributed by atoms with van der Waals surface area (Å²) < 4.78 is 0. The van der Waals surface area contributed by atoms with Crippen LogP contribution >= 0.6 is 23.2 Å². The zero-order valence-electron chi connectivity index (χ0n) is 21.1. The van der Waals surface area contributed by atoms with Crippen LogP contribution in [0.3, 0.4) is 0 Å². The second-order valence-electron chi connectivity index (χ2n) is 9.78. The van der Waals surface area contributed by atoms with E-state index in [4.69, 9.17) is 23.2 Å². The van der Waals surface area contributed by atoms with Crippen LogP contribution in [-0.4, -0.2) is 16.1 Å². The monoisotopic (exact) mass is 531 g/mol. The maximum atomic E-state index is 14.9. The molecule has 1 aliphatic heterocycles. The molecule has 4 aromatic rings. The average molecular weight is 532 g/mol. The summed E-state index contributed by atoms with van der Waals surface area (Å²) in [5, 5.41) is 22.2. The summed E-state index contributed by atoms with van der Waals surface area (Å²) in [6.45, 7) is 7.55. The minimum absolute atomic E-state index is 0.176. The standard InChI is InChI=1S/C31H27Cl2NO3/c1-17-12-22(13-18(2)28(17)35)31(23-14-19(3)29(36)20(4)15-23)27-25(33)10-7-11-26(27)34(30(31)37)16-21-8-5-6-9-24(21)32/h5-15,35-36H,16H2,1-4H3. The molecule has 1 aliphatic rings. The van der Waals surface area contributed by atoms with Crippen LogP contribution in [-0.2, 0) is 16.8 Å². The third-order valence-electron chi connectivity index (χ3n) is 7.36. The summed E-state index contributed by atoms with van der Waals surface area (Å²) in [7, 11) is 0. The highest BCUT2D eigenvalue weighted by molar-refractivity contribution is 6.34.